The molecule has 2 N–H and O–H groups in total. The Morgan fingerprint density at radius 1 is 1.67 bits per heavy atom. The minimum atomic E-state index is -0.203. The fraction of sp³-hybridized carbons (Fsp3) is 0.800. The third-order valence-corrected chi connectivity index (χ3v) is 2.66. The lowest BCUT2D eigenvalue weighted by Crippen LogP contribution is -2.44. The molecule has 1 atom stereocenters. The third kappa shape index (κ3) is 3.20. The van der Waals surface area contributed by atoms with Gasteiger partial charge in [-0.3, -0.25) is 9.59 Å². The van der Waals surface area contributed by atoms with Crippen molar-refractivity contribution in [1.29, 1.82) is 0 Å². The van der Waals surface area contributed by atoms with Crippen LogP contribution in [0.1, 0.15) is 19.8 Å². The number of piperidine rings is 1. The van der Waals surface area contributed by atoms with Gasteiger partial charge >= 0.3 is 0 Å². The van der Waals surface area contributed by atoms with Crippen LogP contribution in [0.5, 0.6) is 0 Å². The first-order chi connectivity index (χ1) is 7.19. The molecule has 1 heterocycles. The van der Waals surface area contributed by atoms with Gasteiger partial charge in [0, 0.05) is 32.0 Å². The molecule has 0 saturated carbocycles. The summed E-state index contributed by atoms with van der Waals surface area (Å²) >= 11 is 0. The maximum Gasteiger partial charge on any atom is 0.226 e. The van der Waals surface area contributed by atoms with Gasteiger partial charge in [-0.2, -0.15) is 0 Å². The van der Waals surface area contributed by atoms with Crippen LogP contribution < -0.4 is 5.32 Å². The number of likely N-dealkylation sites (N-methyl/N-ethyl adjacent to an activating group) is 1. The molecule has 1 saturated heterocycles. The molecular formula is C10H18N2O3. The Balaban J connectivity index is 2.53. The standard InChI is InChI=1S/C10H18N2O3/c1-2-12(5-6-13)10(15)8-3-4-11-9(14)7-8/h8,13H,2-7H2,1H3,(H,11,14). The van der Waals surface area contributed by atoms with Crippen molar-refractivity contribution in [1.82, 2.24) is 10.2 Å². The molecular weight excluding hydrogens is 196 g/mol. The summed E-state index contributed by atoms with van der Waals surface area (Å²) in [5.74, 6) is -0.272. The number of aliphatic hydroxyl groups excluding tert-OH is 1. The molecule has 0 bridgehead atoms. The van der Waals surface area contributed by atoms with Gasteiger partial charge in [-0.25, -0.2) is 0 Å². The Labute approximate surface area is 89.4 Å². The summed E-state index contributed by atoms with van der Waals surface area (Å²) in [6.07, 6.45) is 0.979. The second-order valence-electron chi connectivity index (χ2n) is 3.68. The van der Waals surface area contributed by atoms with Crippen molar-refractivity contribution in [2.75, 3.05) is 26.2 Å². The second kappa shape index (κ2) is 5.70. The lowest BCUT2D eigenvalue weighted by Gasteiger charge is -2.27. The van der Waals surface area contributed by atoms with Crippen molar-refractivity contribution < 1.29 is 14.7 Å². The van der Waals surface area contributed by atoms with Gasteiger partial charge in [-0.05, 0) is 13.3 Å². The molecule has 1 rings (SSSR count). The van der Waals surface area contributed by atoms with Crippen molar-refractivity contribution in [3.8, 4) is 0 Å². The molecule has 5 nitrogen and oxygen atoms in total. The molecule has 0 radical (unpaired) electrons. The van der Waals surface area contributed by atoms with Gasteiger partial charge in [0.15, 0.2) is 0 Å². The van der Waals surface area contributed by atoms with Crippen LogP contribution in [-0.4, -0.2) is 48.1 Å². The summed E-state index contributed by atoms with van der Waals surface area (Å²) in [5.41, 5.74) is 0. The highest BCUT2D eigenvalue weighted by atomic mass is 16.3. The number of nitrogens with zero attached hydrogens (tertiary/aromatic N) is 1. The van der Waals surface area contributed by atoms with Gasteiger partial charge in [0.2, 0.25) is 11.8 Å². The Morgan fingerprint density at radius 3 is 2.93 bits per heavy atom. The zero-order chi connectivity index (χ0) is 11.3. The summed E-state index contributed by atoms with van der Waals surface area (Å²) in [5, 5.41) is 11.5. The van der Waals surface area contributed by atoms with E-state index in [1.54, 1.807) is 4.90 Å². The van der Waals surface area contributed by atoms with Crippen LogP contribution in [0.15, 0.2) is 0 Å². The number of nitrogens with one attached hydrogen (secondary N) is 1. The summed E-state index contributed by atoms with van der Waals surface area (Å²) in [6, 6.07) is 0. The highest BCUT2D eigenvalue weighted by molar-refractivity contribution is 5.86. The van der Waals surface area contributed by atoms with Crippen molar-refractivity contribution in [2.45, 2.75) is 19.8 Å². The van der Waals surface area contributed by atoms with Gasteiger partial charge < -0.3 is 15.3 Å². The number of hydrogen-bond donors (Lipinski definition) is 2. The van der Waals surface area contributed by atoms with Gasteiger partial charge in [0.05, 0.1) is 6.61 Å². The molecule has 1 aliphatic rings. The third-order valence-electron chi connectivity index (χ3n) is 2.66. The van der Waals surface area contributed by atoms with E-state index in [4.69, 9.17) is 5.11 Å². The maximum atomic E-state index is 11.9. The van der Waals surface area contributed by atoms with Crippen LogP contribution in [0.3, 0.4) is 0 Å². The lowest BCUT2D eigenvalue weighted by molar-refractivity contribution is -0.140. The zero-order valence-corrected chi connectivity index (χ0v) is 9.03. The van der Waals surface area contributed by atoms with E-state index in [0.717, 1.165) is 0 Å². The first kappa shape index (κ1) is 12.0. The number of carbonyl (C=O) groups excluding carboxylic acids is 2. The molecule has 1 unspecified atom stereocenters. The Kier molecular flexibility index (Phi) is 4.55. The van der Waals surface area contributed by atoms with E-state index in [1.807, 2.05) is 6.92 Å². The predicted octanol–water partition coefficient (Wildman–Crippen LogP) is -0.647. The van der Waals surface area contributed by atoms with E-state index in [-0.39, 0.29) is 30.8 Å². The molecule has 86 valence electrons. The molecule has 0 aromatic heterocycles. The molecule has 0 spiro atoms. The molecule has 1 fully saturated rings. The Morgan fingerprint density at radius 2 is 2.40 bits per heavy atom. The SMILES string of the molecule is CCN(CCO)C(=O)C1CCNC(=O)C1. The fourth-order valence-corrected chi connectivity index (χ4v) is 1.80. The highest BCUT2D eigenvalue weighted by Gasteiger charge is 2.28. The summed E-state index contributed by atoms with van der Waals surface area (Å²) < 4.78 is 0. The molecule has 1 aliphatic heterocycles. The van der Waals surface area contributed by atoms with Crippen LogP contribution >= 0.6 is 0 Å². The highest BCUT2D eigenvalue weighted by Crippen LogP contribution is 2.15. The number of aliphatic hydroxyl groups is 1. The zero-order valence-electron chi connectivity index (χ0n) is 9.03. The fourth-order valence-electron chi connectivity index (χ4n) is 1.80. The van der Waals surface area contributed by atoms with Crippen LogP contribution in [0.4, 0.5) is 0 Å². The minimum absolute atomic E-state index is 0.0126. The van der Waals surface area contributed by atoms with E-state index in [9.17, 15) is 9.59 Å². The number of carbonyl (C=O) groups is 2. The molecule has 2 amide bonds. The average Bonchev–Trinajstić information content (AvgIpc) is 2.25. The van der Waals surface area contributed by atoms with Gasteiger partial charge in [0.25, 0.3) is 0 Å². The minimum Gasteiger partial charge on any atom is -0.395 e. The summed E-state index contributed by atoms with van der Waals surface area (Å²) in [7, 11) is 0. The number of amides is 2. The first-order valence-corrected chi connectivity index (χ1v) is 5.35. The Hall–Kier alpha value is -1.10. The molecule has 0 aromatic rings. The van der Waals surface area contributed by atoms with Gasteiger partial charge in [-0.15, -0.1) is 0 Å². The van der Waals surface area contributed by atoms with E-state index >= 15 is 0 Å². The summed E-state index contributed by atoms with van der Waals surface area (Å²) in [6.45, 7) is 3.35. The van der Waals surface area contributed by atoms with E-state index in [0.29, 0.717) is 26.1 Å². The monoisotopic (exact) mass is 214 g/mol. The van der Waals surface area contributed by atoms with Gasteiger partial charge in [-0.1, -0.05) is 0 Å². The van der Waals surface area contributed by atoms with Crippen molar-refractivity contribution in [3.05, 3.63) is 0 Å². The topological polar surface area (TPSA) is 69.6 Å². The average molecular weight is 214 g/mol. The van der Waals surface area contributed by atoms with E-state index < -0.39 is 0 Å². The first-order valence-electron chi connectivity index (χ1n) is 5.35. The quantitative estimate of drug-likeness (QED) is 0.653. The van der Waals surface area contributed by atoms with Crippen LogP contribution in [0.25, 0.3) is 0 Å². The van der Waals surface area contributed by atoms with Crippen LogP contribution in [0, 0.1) is 5.92 Å². The van der Waals surface area contributed by atoms with Crippen molar-refractivity contribution >= 4 is 11.8 Å². The van der Waals surface area contributed by atoms with Crippen LogP contribution in [-0.2, 0) is 9.59 Å². The second-order valence-corrected chi connectivity index (χ2v) is 3.68. The Bertz CT molecular complexity index is 243. The number of hydrogen-bond acceptors (Lipinski definition) is 3. The van der Waals surface area contributed by atoms with E-state index in [2.05, 4.69) is 5.32 Å². The van der Waals surface area contributed by atoms with Gasteiger partial charge in [0.1, 0.15) is 0 Å². The predicted molar refractivity (Wildman–Crippen MR) is 55.1 cm³/mol. The molecule has 15 heavy (non-hydrogen) atoms. The molecule has 0 aliphatic carbocycles. The molecule has 0 aromatic carbocycles. The maximum absolute atomic E-state index is 11.9. The lowest BCUT2D eigenvalue weighted by atomic mass is 9.96. The number of rotatable bonds is 4. The molecule has 5 heteroatoms. The van der Waals surface area contributed by atoms with E-state index in [1.165, 1.54) is 0 Å². The largest absolute Gasteiger partial charge is 0.395 e. The summed E-state index contributed by atoms with van der Waals surface area (Å²) in [4.78, 5) is 24.6. The van der Waals surface area contributed by atoms with Crippen LogP contribution in [0.2, 0.25) is 0 Å². The van der Waals surface area contributed by atoms with Crippen molar-refractivity contribution in [3.63, 3.8) is 0 Å². The van der Waals surface area contributed by atoms with Crippen molar-refractivity contribution in [2.24, 2.45) is 5.92 Å². The smallest absolute Gasteiger partial charge is 0.226 e. The normalized spacial score (nSPS) is 20.9.